The summed E-state index contributed by atoms with van der Waals surface area (Å²) in [6.07, 6.45) is 0.725. The fourth-order valence-corrected chi connectivity index (χ4v) is 5.55. The van der Waals surface area contributed by atoms with E-state index in [2.05, 4.69) is 5.32 Å². The maximum Gasteiger partial charge on any atom is 0.264 e. The zero-order valence-corrected chi connectivity index (χ0v) is 24.3. The second-order valence-corrected chi connectivity index (χ2v) is 11.4. The minimum atomic E-state index is -4.19. The van der Waals surface area contributed by atoms with Crippen LogP contribution in [0.2, 0.25) is 10.0 Å². The van der Waals surface area contributed by atoms with Gasteiger partial charge in [0.25, 0.3) is 10.0 Å². The van der Waals surface area contributed by atoms with Crippen LogP contribution in [0, 0.1) is 0 Å². The summed E-state index contributed by atoms with van der Waals surface area (Å²) in [6.45, 7) is 3.45. The lowest BCUT2D eigenvalue weighted by atomic mass is 10.1. The first-order valence-corrected chi connectivity index (χ1v) is 14.5. The topological polar surface area (TPSA) is 96.0 Å². The molecule has 3 aromatic carbocycles. The van der Waals surface area contributed by atoms with E-state index >= 15 is 0 Å². The van der Waals surface area contributed by atoms with Gasteiger partial charge in [0.2, 0.25) is 11.8 Å². The van der Waals surface area contributed by atoms with E-state index in [-0.39, 0.29) is 33.1 Å². The Morgan fingerprint density at radius 2 is 1.69 bits per heavy atom. The van der Waals surface area contributed by atoms with Gasteiger partial charge in [-0.15, -0.1) is 0 Å². The van der Waals surface area contributed by atoms with Crippen LogP contribution in [0.5, 0.6) is 5.75 Å². The van der Waals surface area contributed by atoms with Crippen molar-refractivity contribution in [3.05, 3.63) is 88.4 Å². The van der Waals surface area contributed by atoms with Gasteiger partial charge in [0.1, 0.15) is 18.3 Å². The lowest BCUT2D eigenvalue weighted by Crippen LogP contribution is -2.51. The number of benzene rings is 3. The van der Waals surface area contributed by atoms with Gasteiger partial charge in [-0.3, -0.25) is 13.9 Å². The lowest BCUT2D eigenvalue weighted by molar-refractivity contribution is -0.139. The van der Waals surface area contributed by atoms with Crippen molar-refractivity contribution in [2.75, 3.05) is 24.5 Å². The van der Waals surface area contributed by atoms with Crippen LogP contribution in [0.4, 0.5) is 5.69 Å². The third kappa shape index (κ3) is 7.65. The Morgan fingerprint density at radius 3 is 2.33 bits per heavy atom. The molecule has 0 radical (unpaired) electrons. The number of halogens is 2. The maximum absolute atomic E-state index is 13.9. The van der Waals surface area contributed by atoms with Gasteiger partial charge in [0.15, 0.2) is 0 Å². The van der Waals surface area contributed by atoms with Crippen LogP contribution in [0.15, 0.2) is 77.7 Å². The van der Waals surface area contributed by atoms with E-state index in [9.17, 15) is 18.0 Å². The summed E-state index contributed by atoms with van der Waals surface area (Å²) < 4.78 is 33.8. The number of amides is 2. The Morgan fingerprint density at radius 1 is 0.974 bits per heavy atom. The summed E-state index contributed by atoms with van der Waals surface area (Å²) in [4.78, 5) is 28.2. The molecule has 0 heterocycles. The van der Waals surface area contributed by atoms with Crippen LogP contribution in [0.25, 0.3) is 0 Å². The standard InChI is InChI=1S/C28H31Cl2N3O5S/c1-4-15-31-28(35)20(2)32(18-21-9-8-10-23(16-21)38-3)27(34)19-33(22-13-14-25(29)26(30)17-22)39(36,37)24-11-6-5-7-12-24/h5-14,16-17,20H,4,15,18-19H2,1-3H3,(H,31,35)/t20-/m0/s1. The molecule has 1 atom stereocenters. The number of anilines is 1. The number of rotatable bonds is 12. The van der Waals surface area contributed by atoms with Crippen LogP contribution in [0.3, 0.4) is 0 Å². The Labute approximate surface area is 239 Å². The molecular weight excluding hydrogens is 561 g/mol. The van der Waals surface area contributed by atoms with Crippen LogP contribution >= 0.6 is 23.2 Å². The van der Waals surface area contributed by atoms with Gasteiger partial charge in [-0.25, -0.2) is 8.42 Å². The van der Waals surface area contributed by atoms with Crippen molar-refractivity contribution in [3.63, 3.8) is 0 Å². The van der Waals surface area contributed by atoms with Crippen molar-refractivity contribution in [2.24, 2.45) is 0 Å². The molecule has 3 rings (SSSR count). The quantitative estimate of drug-likeness (QED) is 0.314. The molecule has 0 aliphatic carbocycles. The molecule has 0 fully saturated rings. The number of methoxy groups -OCH3 is 1. The Kier molecular flexibility index (Phi) is 10.6. The van der Waals surface area contributed by atoms with E-state index in [0.29, 0.717) is 17.9 Å². The number of hydrogen-bond donors (Lipinski definition) is 1. The Balaban J connectivity index is 2.04. The van der Waals surface area contributed by atoms with Crippen molar-refractivity contribution in [1.82, 2.24) is 10.2 Å². The third-order valence-corrected chi connectivity index (χ3v) is 8.53. The molecule has 0 unspecified atom stereocenters. The number of nitrogens with one attached hydrogen (secondary N) is 1. The van der Waals surface area contributed by atoms with Crippen molar-refractivity contribution >= 4 is 50.7 Å². The molecule has 0 aliphatic heterocycles. The van der Waals surface area contributed by atoms with Crippen molar-refractivity contribution in [3.8, 4) is 5.75 Å². The van der Waals surface area contributed by atoms with Crippen LogP contribution < -0.4 is 14.4 Å². The summed E-state index contributed by atoms with van der Waals surface area (Å²) in [5, 5.41) is 3.18. The number of ether oxygens (including phenoxy) is 1. The highest BCUT2D eigenvalue weighted by Crippen LogP contribution is 2.31. The van der Waals surface area contributed by atoms with Gasteiger partial charge in [0.05, 0.1) is 27.7 Å². The predicted octanol–water partition coefficient (Wildman–Crippen LogP) is 5.14. The average molecular weight is 593 g/mol. The lowest BCUT2D eigenvalue weighted by Gasteiger charge is -2.32. The Hall–Kier alpha value is -3.27. The summed E-state index contributed by atoms with van der Waals surface area (Å²) in [5.74, 6) is -0.338. The van der Waals surface area contributed by atoms with Gasteiger partial charge in [-0.1, -0.05) is 60.5 Å². The fourth-order valence-electron chi connectivity index (χ4n) is 3.83. The molecule has 0 bridgehead atoms. The zero-order valence-electron chi connectivity index (χ0n) is 21.9. The smallest absolute Gasteiger partial charge is 0.264 e. The van der Waals surface area contributed by atoms with E-state index < -0.39 is 28.5 Å². The normalized spacial score (nSPS) is 11.9. The molecule has 0 spiro atoms. The minimum Gasteiger partial charge on any atom is -0.497 e. The Bertz CT molecular complexity index is 1400. The molecule has 208 valence electrons. The first-order chi connectivity index (χ1) is 18.6. The van der Waals surface area contributed by atoms with Crippen molar-refractivity contribution in [1.29, 1.82) is 0 Å². The van der Waals surface area contributed by atoms with Gasteiger partial charge < -0.3 is 15.0 Å². The number of nitrogens with zero attached hydrogens (tertiary/aromatic N) is 2. The van der Waals surface area contributed by atoms with E-state index in [1.807, 2.05) is 6.92 Å². The van der Waals surface area contributed by atoms with Gasteiger partial charge in [-0.05, 0) is 61.4 Å². The van der Waals surface area contributed by atoms with E-state index in [1.54, 1.807) is 49.4 Å². The highest BCUT2D eigenvalue weighted by Gasteiger charge is 2.32. The predicted molar refractivity (Wildman–Crippen MR) is 154 cm³/mol. The molecule has 0 saturated carbocycles. The van der Waals surface area contributed by atoms with Crippen LogP contribution in [-0.4, -0.2) is 51.4 Å². The van der Waals surface area contributed by atoms with Gasteiger partial charge in [-0.2, -0.15) is 0 Å². The number of carbonyl (C=O) groups excluding carboxylic acids is 2. The molecular formula is C28H31Cl2N3O5S. The van der Waals surface area contributed by atoms with Crippen LogP contribution in [-0.2, 0) is 26.2 Å². The molecule has 11 heteroatoms. The second-order valence-electron chi connectivity index (χ2n) is 8.76. The van der Waals surface area contributed by atoms with E-state index in [0.717, 1.165) is 10.7 Å². The molecule has 8 nitrogen and oxygen atoms in total. The largest absolute Gasteiger partial charge is 0.497 e. The summed E-state index contributed by atoms with van der Waals surface area (Å²) in [5.41, 5.74) is 0.871. The van der Waals surface area contributed by atoms with Crippen molar-refractivity contribution < 1.29 is 22.7 Å². The highest BCUT2D eigenvalue weighted by atomic mass is 35.5. The molecule has 0 aromatic heterocycles. The molecule has 1 N–H and O–H groups in total. The fraction of sp³-hybridized carbons (Fsp3) is 0.286. The molecule has 0 aliphatic rings. The van der Waals surface area contributed by atoms with Gasteiger partial charge in [0, 0.05) is 13.1 Å². The number of sulfonamides is 1. The third-order valence-electron chi connectivity index (χ3n) is 6.00. The summed E-state index contributed by atoms with van der Waals surface area (Å²) in [6, 6.07) is 18.3. The number of carbonyl (C=O) groups is 2. The van der Waals surface area contributed by atoms with Gasteiger partial charge >= 0.3 is 0 Å². The molecule has 0 saturated heterocycles. The maximum atomic E-state index is 13.9. The SMILES string of the molecule is CCCNC(=O)[C@H](C)N(Cc1cccc(OC)c1)C(=O)CN(c1ccc(Cl)c(Cl)c1)S(=O)(=O)c1ccccc1. The number of hydrogen-bond acceptors (Lipinski definition) is 5. The summed E-state index contributed by atoms with van der Waals surface area (Å²) >= 11 is 12.3. The average Bonchev–Trinajstić information content (AvgIpc) is 2.94. The van der Waals surface area contributed by atoms with Crippen molar-refractivity contribution in [2.45, 2.75) is 37.8 Å². The molecule has 3 aromatic rings. The molecule has 39 heavy (non-hydrogen) atoms. The minimum absolute atomic E-state index is 0.00282. The first kappa shape index (κ1) is 30.3. The van der Waals surface area contributed by atoms with E-state index in [4.69, 9.17) is 27.9 Å². The van der Waals surface area contributed by atoms with Crippen LogP contribution in [0.1, 0.15) is 25.8 Å². The second kappa shape index (κ2) is 13.7. The monoisotopic (exact) mass is 591 g/mol. The summed E-state index contributed by atoms with van der Waals surface area (Å²) in [7, 11) is -2.66. The van der Waals surface area contributed by atoms with E-state index in [1.165, 1.54) is 42.3 Å². The first-order valence-electron chi connectivity index (χ1n) is 12.3. The highest BCUT2D eigenvalue weighted by molar-refractivity contribution is 7.92. The molecule has 2 amide bonds. The zero-order chi connectivity index (χ0) is 28.6.